The number of rotatable bonds is 7. The molecule has 0 atom stereocenters. The predicted molar refractivity (Wildman–Crippen MR) is 119 cm³/mol. The van der Waals surface area contributed by atoms with Crippen molar-refractivity contribution in [2.45, 2.75) is 45.1 Å². The minimum absolute atomic E-state index is 0.220. The Hall–Kier alpha value is -2.02. The number of anilines is 1. The summed E-state index contributed by atoms with van der Waals surface area (Å²) in [6.07, 6.45) is 1.93. The highest BCUT2D eigenvalue weighted by Crippen LogP contribution is 2.28. The molecule has 0 radical (unpaired) electrons. The number of aryl methyl sites for hydroxylation is 2. The highest BCUT2D eigenvalue weighted by molar-refractivity contribution is 7.92. The van der Waals surface area contributed by atoms with Gasteiger partial charge in [-0.3, -0.25) is 9.40 Å². The number of aromatic nitrogens is 2. The van der Waals surface area contributed by atoms with Gasteiger partial charge in [0, 0.05) is 15.6 Å². The van der Waals surface area contributed by atoms with E-state index in [4.69, 9.17) is 23.2 Å². The van der Waals surface area contributed by atoms with Crippen LogP contribution in [0.15, 0.2) is 47.4 Å². The van der Waals surface area contributed by atoms with Crippen molar-refractivity contribution >= 4 is 38.9 Å². The SMILES string of the molecule is CCCc1ccc(S(=O)(=O)Nc2c(C)nn(Cc3c(Cl)cccc3Cl)c2C)cc1. The number of benzene rings is 2. The van der Waals surface area contributed by atoms with Crippen molar-refractivity contribution in [2.75, 3.05) is 4.72 Å². The van der Waals surface area contributed by atoms with Crippen LogP contribution in [0.25, 0.3) is 0 Å². The first kappa shape index (κ1) is 21.7. The first-order chi connectivity index (χ1) is 13.7. The molecule has 0 amide bonds. The number of nitrogens with zero attached hydrogens (tertiary/aromatic N) is 2. The second-order valence-electron chi connectivity index (χ2n) is 6.90. The lowest BCUT2D eigenvalue weighted by molar-refractivity contribution is 0.601. The van der Waals surface area contributed by atoms with E-state index < -0.39 is 10.0 Å². The molecule has 0 unspecified atom stereocenters. The maximum Gasteiger partial charge on any atom is 0.262 e. The molecule has 2 aromatic carbocycles. The molecule has 1 aromatic heterocycles. The molecule has 0 aliphatic heterocycles. The summed E-state index contributed by atoms with van der Waals surface area (Å²) in [6, 6.07) is 12.3. The van der Waals surface area contributed by atoms with E-state index >= 15 is 0 Å². The molecule has 0 fully saturated rings. The minimum atomic E-state index is -3.72. The Labute approximate surface area is 181 Å². The zero-order chi connectivity index (χ0) is 21.2. The van der Waals surface area contributed by atoms with E-state index in [0.717, 1.165) is 24.0 Å². The molecule has 0 spiro atoms. The van der Waals surface area contributed by atoms with Gasteiger partial charge in [0.2, 0.25) is 0 Å². The largest absolute Gasteiger partial charge is 0.276 e. The van der Waals surface area contributed by atoms with Crippen molar-refractivity contribution < 1.29 is 8.42 Å². The summed E-state index contributed by atoms with van der Waals surface area (Å²) in [6.45, 7) is 6.01. The van der Waals surface area contributed by atoms with Gasteiger partial charge in [0.25, 0.3) is 10.0 Å². The molecule has 154 valence electrons. The Kier molecular flexibility index (Phi) is 6.56. The van der Waals surface area contributed by atoms with Gasteiger partial charge in [0.1, 0.15) is 0 Å². The number of sulfonamides is 1. The average molecular weight is 452 g/mol. The summed E-state index contributed by atoms with van der Waals surface area (Å²) in [5.41, 5.74) is 3.58. The summed E-state index contributed by atoms with van der Waals surface area (Å²) >= 11 is 12.5. The summed E-state index contributed by atoms with van der Waals surface area (Å²) in [4.78, 5) is 0.220. The molecule has 1 heterocycles. The van der Waals surface area contributed by atoms with Crippen LogP contribution in [-0.4, -0.2) is 18.2 Å². The van der Waals surface area contributed by atoms with Crippen molar-refractivity contribution in [2.24, 2.45) is 0 Å². The van der Waals surface area contributed by atoms with Crippen LogP contribution in [0.2, 0.25) is 10.0 Å². The van der Waals surface area contributed by atoms with E-state index in [1.54, 1.807) is 41.9 Å². The van der Waals surface area contributed by atoms with Crippen LogP contribution in [0.3, 0.4) is 0 Å². The first-order valence-corrected chi connectivity index (χ1v) is 11.6. The van der Waals surface area contributed by atoms with Crippen molar-refractivity contribution in [1.82, 2.24) is 9.78 Å². The topological polar surface area (TPSA) is 64.0 Å². The van der Waals surface area contributed by atoms with E-state index in [-0.39, 0.29) is 4.90 Å². The van der Waals surface area contributed by atoms with Crippen LogP contribution in [0.4, 0.5) is 5.69 Å². The van der Waals surface area contributed by atoms with E-state index in [1.165, 1.54) is 0 Å². The van der Waals surface area contributed by atoms with Gasteiger partial charge < -0.3 is 0 Å². The molecule has 0 aliphatic rings. The molecule has 3 rings (SSSR count). The monoisotopic (exact) mass is 451 g/mol. The Morgan fingerprint density at radius 3 is 2.24 bits per heavy atom. The van der Waals surface area contributed by atoms with Gasteiger partial charge in [0.05, 0.1) is 28.5 Å². The van der Waals surface area contributed by atoms with Gasteiger partial charge in [-0.15, -0.1) is 0 Å². The maximum atomic E-state index is 12.9. The lowest BCUT2D eigenvalue weighted by atomic mass is 10.1. The number of halogens is 2. The van der Waals surface area contributed by atoms with E-state index in [1.807, 2.05) is 19.1 Å². The highest BCUT2D eigenvalue weighted by atomic mass is 35.5. The number of hydrogen-bond acceptors (Lipinski definition) is 3. The molecule has 0 saturated carbocycles. The van der Waals surface area contributed by atoms with Gasteiger partial charge in [-0.1, -0.05) is 54.7 Å². The molecule has 1 N–H and O–H groups in total. The van der Waals surface area contributed by atoms with Crippen LogP contribution in [0.5, 0.6) is 0 Å². The molecule has 8 heteroatoms. The fraction of sp³-hybridized carbons (Fsp3) is 0.286. The molecule has 0 aliphatic carbocycles. The van der Waals surface area contributed by atoms with Crippen LogP contribution in [0, 0.1) is 13.8 Å². The number of hydrogen-bond donors (Lipinski definition) is 1. The molecular formula is C21H23Cl2N3O2S. The predicted octanol–water partition coefficient (Wildman–Crippen LogP) is 5.61. The molecular weight excluding hydrogens is 429 g/mol. The van der Waals surface area contributed by atoms with Crippen molar-refractivity contribution in [1.29, 1.82) is 0 Å². The number of nitrogens with one attached hydrogen (secondary N) is 1. The van der Waals surface area contributed by atoms with Gasteiger partial charge in [0.15, 0.2) is 0 Å². The Balaban J connectivity index is 1.88. The Morgan fingerprint density at radius 2 is 1.66 bits per heavy atom. The summed E-state index contributed by atoms with van der Waals surface area (Å²) in [5, 5.41) is 5.56. The molecule has 29 heavy (non-hydrogen) atoms. The van der Waals surface area contributed by atoms with Crippen molar-refractivity contribution in [3.8, 4) is 0 Å². The zero-order valence-corrected chi connectivity index (χ0v) is 18.9. The zero-order valence-electron chi connectivity index (χ0n) is 16.5. The van der Waals surface area contributed by atoms with Crippen LogP contribution in [-0.2, 0) is 23.0 Å². The third kappa shape index (κ3) is 4.77. The highest BCUT2D eigenvalue weighted by Gasteiger charge is 2.20. The Bertz CT molecular complexity index is 1100. The third-order valence-electron chi connectivity index (χ3n) is 4.76. The molecule has 3 aromatic rings. The standard InChI is InChI=1S/C21H23Cl2N3O2S/c1-4-6-16-9-11-17(12-10-16)29(27,28)25-21-14(2)24-26(15(21)3)13-18-19(22)7-5-8-20(18)23/h5,7-12,25H,4,6,13H2,1-3H3. The van der Waals surface area contributed by atoms with Crippen LogP contribution < -0.4 is 4.72 Å². The second-order valence-corrected chi connectivity index (χ2v) is 9.40. The molecule has 0 bridgehead atoms. The quantitative estimate of drug-likeness (QED) is 0.507. The third-order valence-corrected chi connectivity index (χ3v) is 6.83. The fourth-order valence-electron chi connectivity index (χ4n) is 3.15. The van der Waals surface area contributed by atoms with Gasteiger partial charge >= 0.3 is 0 Å². The second kappa shape index (κ2) is 8.78. The van der Waals surface area contributed by atoms with Crippen molar-refractivity contribution in [3.05, 3.63) is 75.0 Å². The Morgan fingerprint density at radius 1 is 1.03 bits per heavy atom. The lowest BCUT2D eigenvalue weighted by Crippen LogP contribution is -2.14. The van der Waals surface area contributed by atoms with Gasteiger partial charge in [-0.05, 0) is 50.1 Å². The van der Waals surface area contributed by atoms with E-state index in [2.05, 4.69) is 16.7 Å². The summed E-state index contributed by atoms with van der Waals surface area (Å²) < 4.78 is 30.1. The minimum Gasteiger partial charge on any atom is -0.276 e. The first-order valence-electron chi connectivity index (χ1n) is 9.31. The van der Waals surface area contributed by atoms with Crippen LogP contribution in [0.1, 0.15) is 35.9 Å². The van der Waals surface area contributed by atoms with Crippen LogP contribution >= 0.6 is 23.2 Å². The summed E-state index contributed by atoms with van der Waals surface area (Å²) in [7, 11) is -3.72. The summed E-state index contributed by atoms with van der Waals surface area (Å²) in [5.74, 6) is 0. The molecule has 5 nitrogen and oxygen atoms in total. The van der Waals surface area contributed by atoms with E-state index in [9.17, 15) is 8.42 Å². The lowest BCUT2D eigenvalue weighted by Gasteiger charge is -2.11. The molecule has 0 saturated heterocycles. The smallest absolute Gasteiger partial charge is 0.262 e. The van der Waals surface area contributed by atoms with E-state index in [0.29, 0.717) is 33.7 Å². The maximum absolute atomic E-state index is 12.9. The fourth-order valence-corrected chi connectivity index (χ4v) is 4.84. The van der Waals surface area contributed by atoms with Gasteiger partial charge in [-0.25, -0.2) is 8.42 Å². The normalized spacial score (nSPS) is 11.6. The average Bonchev–Trinajstić information content (AvgIpc) is 2.93. The van der Waals surface area contributed by atoms with Gasteiger partial charge in [-0.2, -0.15) is 5.10 Å². The van der Waals surface area contributed by atoms with Crippen molar-refractivity contribution in [3.63, 3.8) is 0 Å².